The lowest BCUT2D eigenvalue weighted by molar-refractivity contribution is 0.239. The maximum atomic E-state index is 6.13. The normalized spacial score (nSPS) is 10.8. The van der Waals surface area contributed by atoms with Crippen LogP contribution in [0.3, 0.4) is 0 Å². The van der Waals surface area contributed by atoms with Crippen molar-refractivity contribution in [2.45, 2.75) is 32.0 Å². The summed E-state index contributed by atoms with van der Waals surface area (Å²) in [5.74, 6) is 1.44. The molecule has 0 atom stereocenters. The molecule has 0 saturated heterocycles. The van der Waals surface area contributed by atoms with Gasteiger partial charge in [0.25, 0.3) is 0 Å². The Morgan fingerprint density at radius 2 is 2.00 bits per heavy atom. The van der Waals surface area contributed by atoms with E-state index in [1.165, 1.54) is 0 Å². The molecule has 0 heterocycles. The van der Waals surface area contributed by atoms with Crippen LogP contribution in [0.4, 0.5) is 0 Å². The Balaban J connectivity index is 2.72. The van der Waals surface area contributed by atoms with Crippen LogP contribution in [-0.2, 0) is 5.33 Å². The van der Waals surface area contributed by atoms with Crippen LogP contribution in [0.1, 0.15) is 32.3 Å². The van der Waals surface area contributed by atoms with E-state index in [1.807, 2.05) is 18.2 Å². The zero-order valence-corrected chi connectivity index (χ0v) is 12.1. The van der Waals surface area contributed by atoms with Crippen LogP contribution < -0.4 is 4.74 Å². The lowest BCUT2D eigenvalue weighted by Crippen LogP contribution is -2.11. The molecule has 0 aliphatic heterocycles. The molecule has 0 spiro atoms. The highest BCUT2D eigenvalue weighted by molar-refractivity contribution is 9.08. The molecule has 1 nitrogen and oxygen atoms in total. The minimum absolute atomic E-state index is 0.611. The van der Waals surface area contributed by atoms with Gasteiger partial charge in [0.15, 0.2) is 0 Å². The van der Waals surface area contributed by atoms with Crippen LogP contribution in [0.2, 0.25) is 5.02 Å². The van der Waals surface area contributed by atoms with Crippen molar-refractivity contribution in [1.82, 2.24) is 0 Å². The number of rotatable bonds is 6. The fraction of sp³-hybridized carbons (Fsp3) is 0.538. The Bertz CT molecular complexity index is 324. The highest BCUT2D eigenvalue weighted by Gasteiger charge is 2.10. The minimum atomic E-state index is 0.611. The molecule has 90 valence electrons. The fourth-order valence-corrected chi connectivity index (χ4v) is 2.24. The second-order valence-electron chi connectivity index (χ2n) is 3.86. The summed E-state index contributed by atoms with van der Waals surface area (Å²) in [5.41, 5.74) is 1.11. The van der Waals surface area contributed by atoms with Crippen molar-refractivity contribution in [2.24, 2.45) is 5.92 Å². The van der Waals surface area contributed by atoms with Crippen LogP contribution in [0.5, 0.6) is 5.75 Å². The summed E-state index contributed by atoms with van der Waals surface area (Å²) in [6.45, 7) is 5.13. The molecular weight excluding hydrogens is 287 g/mol. The predicted molar refractivity (Wildman–Crippen MR) is 73.7 cm³/mol. The van der Waals surface area contributed by atoms with Gasteiger partial charge in [-0.1, -0.05) is 66.4 Å². The van der Waals surface area contributed by atoms with Crippen LogP contribution >= 0.6 is 27.5 Å². The van der Waals surface area contributed by atoms with Crippen molar-refractivity contribution < 1.29 is 4.74 Å². The zero-order valence-electron chi connectivity index (χ0n) is 9.80. The average molecular weight is 306 g/mol. The van der Waals surface area contributed by atoms with Gasteiger partial charge in [0.2, 0.25) is 0 Å². The summed E-state index contributed by atoms with van der Waals surface area (Å²) in [5, 5.41) is 1.47. The van der Waals surface area contributed by atoms with Crippen LogP contribution in [0.25, 0.3) is 0 Å². The quantitative estimate of drug-likeness (QED) is 0.668. The Morgan fingerprint density at radius 1 is 1.31 bits per heavy atom. The van der Waals surface area contributed by atoms with E-state index in [-0.39, 0.29) is 0 Å². The van der Waals surface area contributed by atoms with E-state index in [9.17, 15) is 0 Å². The molecule has 0 aliphatic carbocycles. The molecule has 0 fully saturated rings. The number of halogens is 2. The Morgan fingerprint density at radius 3 is 2.56 bits per heavy atom. The molecule has 1 rings (SSSR count). The third kappa shape index (κ3) is 3.67. The number of hydrogen-bond donors (Lipinski definition) is 0. The van der Waals surface area contributed by atoms with Gasteiger partial charge in [-0.25, -0.2) is 0 Å². The van der Waals surface area contributed by atoms with Gasteiger partial charge in [0.1, 0.15) is 5.75 Å². The van der Waals surface area contributed by atoms with Gasteiger partial charge < -0.3 is 4.74 Å². The summed E-state index contributed by atoms with van der Waals surface area (Å²) in [7, 11) is 0. The van der Waals surface area contributed by atoms with Gasteiger partial charge >= 0.3 is 0 Å². The van der Waals surface area contributed by atoms with Crippen molar-refractivity contribution in [2.75, 3.05) is 6.61 Å². The van der Waals surface area contributed by atoms with Gasteiger partial charge in [-0.2, -0.15) is 0 Å². The second-order valence-corrected chi connectivity index (χ2v) is 4.82. The van der Waals surface area contributed by atoms with Gasteiger partial charge in [-0.05, 0) is 12.0 Å². The van der Waals surface area contributed by atoms with E-state index in [4.69, 9.17) is 16.3 Å². The molecule has 0 bridgehead atoms. The molecule has 1 aromatic carbocycles. The molecule has 0 aliphatic rings. The SMILES string of the molecule is CCC(CC)COc1c(Cl)cccc1CBr. The number of hydrogen-bond acceptors (Lipinski definition) is 1. The highest BCUT2D eigenvalue weighted by Crippen LogP contribution is 2.30. The van der Waals surface area contributed by atoms with Crippen molar-refractivity contribution in [3.63, 3.8) is 0 Å². The first-order valence-corrected chi connectivity index (χ1v) is 7.19. The summed E-state index contributed by atoms with van der Waals surface area (Å²) in [6, 6.07) is 5.85. The van der Waals surface area contributed by atoms with Gasteiger partial charge in [0, 0.05) is 10.9 Å². The standard InChI is InChI=1S/C13H18BrClO/c1-3-10(4-2)9-16-13-11(8-14)6-5-7-12(13)15/h5-7,10H,3-4,8-9H2,1-2H3. The topological polar surface area (TPSA) is 9.23 Å². The molecule has 0 saturated carbocycles. The van der Waals surface area contributed by atoms with Crippen molar-refractivity contribution in [3.05, 3.63) is 28.8 Å². The number of para-hydroxylation sites is 1. The fourth-order valence-electron chi connectivity index (χ4n) is 1.55. The van der Waals surface area contributed by atoms with E-state index in [1.54, 1.807) is 0 Å². The van der Waals surface area contributed by atoms with Crippen LogP contribution in [-0.4, -0.2) is 6.61 Å². The number of alkyl halides is 1. The third-order valence-electron chi connectivity index (χ3n) is 2.81. The second kappa shape index (κ2) is 7.18. The van der Waals surface area contributed by atoms with Crippen molar-refractivity contribution in [3.8, 4) is 5.75 Å². The molecule has 0 aromatic heterocycles. The molecule has 16 heavy (non-hydrogen) atoms. The first-order valence-electron chi connectivity index (χ1n) is 5.69. The van der Waals surface area contributed by atoms with E-state index in [0.717, 1.165) is 36.1 Å². The van der Waals surface area contributed by atoms with E-state index < -0.39 is 0 Å². The Labute approximate surface area is 111 Å². The number of benzene rings is 1. The van der Waals surface area contributed by atoms with Crippen LogP contribution in [0, 0.1) is 5.92 Å². The lowest BCUT2D eigenvalue weighted by Gasteiger charge is -2.16. The molecule has 1 aromatic rings. The monoisotopic (exact) mass is 304 g/mol. The molecule has 0 radical (unpaired) electrons. The maximum Gasteiger partial charge on any atom is 0.141 e. The van der Waals surface area contributed by atoms with E-state index in [0.29, 0.717) is 10.9 Å². The van der Waals surface area contributed by atoms with Gasteiger partial charge in [-0.3, -0.25) is 0 Å². The van der Waals surface area contributed by atoms with E-state index >= 15 is 0 Å². The minimum Gasteiger partial charge on any atom is -0.491 e. The molecule has 3 heteroatoms. The first kappa shape index (κ1) is 13.9. The van der Waals surface area contributed by atoms with Crippen LogP contribution in [0.15, 0.2) is 18.2 Å². The first-order chi connectivity index (χ1) is 7.72. The summed E-state index contributed by atoms with van der Waals surface area (Å²) >= 11 is 9.58. The zero-order chi connectivity index (χ0) is 12.0. The van der Waals surface area contributed by atoms with Gasteiger partial charge in [0.05, 0.1) is 11.6 Å². The Kier molecular flexibility index (Phi) is 6.22. The summed E-state index contributed by atoms with van der Waals surface area (Å²) in [4.78, 5) is 0. The van der Waals surface area contributed by atoms with Crippen molar-refractivity contribution >= 4 is 27.5 Å². The molecule has 0 amide bonds. The number of ether oxygens (including phenoxy) is 1. The molecule has 0 unspecified atom stereocenters. The van der Waals surface area contributed by atoms with E-state index in [2.05, 4.69) is 29.8 Å². The highest BCUT2D eigenvalue weighted by atomic mass is 79.9. The largest absolute Gasteiger partial charge is 0.491 e. The maximum absolute atomic E-state index is 6.13. The smallest absolute Gasteiger partial charge is 0.141 e. The predicted octanol–water partition coefficient (Wildman–Crippen LogP) is 5.05. The summed E-state index contributed by atoms with van der Waals surface area (Å²) < 4.78 is 5.84. The van der Waals surface area contributed by atoms with Gasteiger partial charge in [-0.15, -0.1) is 0 Å². The summed E-state index contributed by atoms with van der Waals surface area (Å²) in [6.07, 6.45) is 2.29. The average Bonchev–Trinajstić information content (AvgIpc) is 2.31. The third-order valence-corrected chi connectivity index (χ3v) is 3.71. The van der Waals surface area contributed by atoms with Crippen molar-refractivity contribution in [1.29, 1.82) is 0 Å². The molecular formula is C13H18BrClO. The lowest BCUT2D eigenvalue weighted by atomic mass is 10.1. The Hall–Kier alpha value is -0.210. The molecule has 0 N–H and O–H groups in total.